The summed E-state index contributed by atoms with van der Waals surface area (Å²) in [5.41, 5.74) is 1.63. The van der Waals surface area contributed by atoms with Crippen LogP contribution in [0.25, 0.3) is 0 Å². The van der Waals surface area contributed by atoms with Gasteiger partial charge in [0.05, 0.1) is 0 Å². The highest BCUT2D eigenvalue weighted by atomic mass is 16.1. The SMILES string of the molecule is C#Cc1ccc(NC(=O)C(CC)CCC)cc1. The highest BCUT2D eigenvalue weighted by Crippen LogP contribution is 2.15. The van der Waals surface area contributed by atoms with Gasteiger partial charge in [0.1, 0.15) is 0 Å². The van der Waals surface area contributed by atoms with E-state index in [9.17, 15) is 4.79 Å². The molecule has 1 N–H and O–H groups in total. The zero-order chi connectivity index (χ0) is 12.7. The lowest BCUT2D eigenvalue weighted by Crippen LogP contribution is -2.22. The largest absolute Gasteiger partial charge is 0.326 e. The molecule has 0 fully saturated rings. The van der Waals surface area contributed by atoms with Crippen molar-refractivity contribution in [3.05, 3.63) is 29.8 Å². The minimum atomic E-state index is 0.0998. The Kier molecular flexibility index (Phi) is 5.29. The van der Waals surface area contributed by atoms with E-state index in [2.05, 4.69) is 18.2 Å². The number of rotatable bonds is 5. The Balaban J connectivity index is 2.63. The van der Waals surface area contributed by atoms with E-state index in [0.29, 0.717) is 0 Å². The third kappa shape index (κ3) is 3.96. The molecule has 0 aromatic heterocycles. The summed E-state index contributed by atoms with van der Waals surface area (Å²) in [6.07, 6.45) is 8.12. The third-order valence-electron chi connectivity index (χ3n) is 2.82. The molecular weight excluding hydrogens is 210 g/mol. The lowest BCUT2D eigenvalue weighted by atomic mass is 10.00. The van der Waals surface area contributed by atoms with Crippen LogP contribution in [-0.4, -0.2) is 5.91 Å². The molecule has 0 saturated carbocycles. The number of amides is 1. The summed E-state index contributed by atoms with van der Waals surface area (Å²) in [5.74, 6) is 2.75. The van der Waals surface area contributed by atoms with E-state index in [-0.39, 0.29) is 11.8 Å². The Bertz CT molecular complexity index is 400. The van der Waals surface area contributed by atoms with Gasteiger partial charge in [0, 0.05) is 17.2 Å². The van der Waals surface area contributed by atoms with Gasteiger partial charge in [-0.15, -0.1) is 6.42 Å². The average Bonchev–Trinajstić information content (AvgIpc) is 2.36. The number of hydrogen-bond donors (Lipinski definition) is 1. The van der Waals surface area contributed by atoms with Crippen molar-refractivity contribution in [2.75, 3.05) is 5.32 Å². The molecule has 1 aromatic carbocycles. The topological polar surface area (TPSA) is 29.1 Å². The van der Waals surface area contributed by atoms with Gasteiger partial charge in [0.25, 0.3) is 0 Å². The van der Waals surface area contributed by atoms with E-state index in [0.717, 1.165) is 30.5 Å². The van der Waals surface area contributed by atoms with Crippen LogP contribution < -0.4 is 5.32 Å². The van der Waals surface area contributed by atoms with Crippen LogP contribution in [0, 0.1) is 18.3 Å². The molecular formula is C15H19NO. The van der Waals surface area contributed by atoms with Crippen molar-refractivity contribution in [3.8, 4) is 12.3 Å². The second kappa shape index (κ2) is 6.75. The van der Waals surface area contributed by atoms with E-state index in [1.165, 1.54) is 0 Å². The second-order valence-electron chi connectivity index (χ2n) is 4.10. The first-order chi connectivity index (χ1) is 8.21. The molecule has 1 atom stereocenters. The predicted molar refractivity (Wildman–Crippen MR) is 71.7 cm³/mol. The molecule has 0 aliphatic carbocycles. The summed E-state index contributed by atoms with van der Waals surface area (Å²) in [6.45, 7) is 4.14. The Labute approximate surface area is 103 Å². The standard InChI is InChI=1S/C15H19NO/c1-4-7-13(6-3)15(17)16-14-10-8-12(5-2)9-11-14/h2,8-11,13H,4,6-7H2,1,3H3,(H,16,17). The summed E-state index contributed by atoms with van der Waals surface area (Å²) < 4.78 is 0. The Morgan fingerprint density at radius 3 is 2.47 bits per heavy atom. The molecule has 1 aromatic rings. The normalized spacial score (nSPS) is 11.6. The lowest BCUT2D eigenvalue weighted by molar-refractivity contribution is -0.120. The first-order valence-electron chi connectivity index (χ1n) is 6.08. The van der Waals surface area contributed by atoms with Crippen LogP contribution in [-0.2, 0) is 4.79 Å². The van der Waals surface area contributed by atoms with Crippen molar-refractivity contribution >= 4 is 11.6 Å². The van der Waals surface area contributed by atoms with Gasteiger partial charge in [-0.3, -0.25) is 4.79 Å². The van der Waals surface area contributed by atoms with Crippen LogP contribution in [0.15, 0.2) is 24.3 Å². The fourth-order valence-corrected chi connectivity index (χ4v) is 1.76. The van der Waals surface area contributed by atoms with Crippen molar-refractivity contribution in [2.45, 2.75) is 33.1 Å². The monoisotopic (exact) mass is 229 g/mol. The van der Waals surface area contributed by atoms with Gasteiger partial charge in [-0.1, -0.05) is 26.2 Å². The molecule has 17 heavy (non-hydrogen) atoms. The molecule has 0 saturated heterocycles. The smallest absolute Gasteiger partial charge is 0.227 e. The van der Waals surface area contributed by atoms with Crippen molar-refractivity contribution in [1.29, 1.82) is 0 Å². The maximum atomic E-state index is 11.9. The minimum Gasteiger partial charge on any atom is -0.326 e. The van der Waals surface area contributed by atoms with Crippen molar-refractivity contribution in [1.82, 2.24) is 0 Å². The predicted octanol–water partition coefficient (Wildman–Crippen LogP) is 3.43. The molecule has 1 rings (SSSR count). The van der Waals surface area contributed by atoms with Gasteiger partial charge in [-0.05, 0) is 37.1 Å². The zero-order valence-corrected chi connectivity index (χ0v) is 10.5. The Morgan fingerprint density at radius 2 is 2.00 bits per heavy atom. The molecule has 1 unspecified atom stereocenters. The fourth-order valence-electron chi connectivity index (χ4n) is 1.76. The second-order valence-corrected chi connectivity index (χ2v) is 4.10. The van der Waals surface area contributed by atoms with E-state index < -0.39 is 0 Å². The summed E-state index contributed by atoms with van der Waals surface area (Å²) >= 11 is 0. The first-order valence-corrected chi connectivity index (χ1v) is 6.08. The van der Waals surface area contributed by atoms with Gasteiger partial charge < -0.3 is 5.32 Å². The van der Waals surface area contributed by atoms with Crippen molar-refractivity contribution < 1.29 is 4.79 Å². The highest BCUT2D eigenvalue weighted by molar-refractivity contribution is 5.92. The van der Waals surface area contributed by atoms with Crippen LogP contribution in [0.3, 0.4) is 0 Å². The van der Waals surface area contributed by atoms with E-state index in [1.54, 1.807) is 0 Å². The minimum absolute atomic E-state index is 0.0998. The molecule has 2 heteroatoms. The van der Waals surface area contributed by atoms with E-state index in [1.807, 2.05) is 31.2 Å². The van der Waals surface area contributed by atoms with Gasteiger partial charge in [-0.25, -0.2) is 0 Å². The van der Waals surface area contributed by atoms with E-state index in [4.69, 9.17) is 6.42 Å². The summed E-state index contributed by atoms with van der Waals surface area (Å²) in [7, 11) is 0. The van der Waals surface area contributed by atoms with Gasteiger partial charge in [0.2, 0.25) is 5.91 Å². The van der Waals surface area contributed by atoms with Gasteiger partial charge in [-0.2, -0.15) is 0 Å². The van der Waals surface area contributed by atoms with Crippen LogP contribution in [0.2, 0.25) is 0 Å². The summed E-state index contributed by atoms with van der Waals surface area (Å²) in [5, 5.41) is 2.92. The van der Waals surface area contributed by atoms with Gasteiger partial charge in [0.15, 0.2) is 0 Å². The molecule has 2 nitrogen and oxygen atoms in total. The molecule has 0 radical (unpaired) electrons. The molecule has 90 valence electrons. The lowest BCUT2D eigenvalue weighted by Gasteiger charge is -2.13. The Morgan fingerprint density at radius 1 is 1.35 bits per heavy atom. The maximum absolute atomic E-state index is 11.9. The van der Waals surface area contributed by atoms with Crippen LogP contribution >= 0.6 is 0 Å². The quantitative estimate of drug-likeness (QED) is 0.770. The summed E-state index contributed by atoms with van der Waals surface area (Å²) in [6, 6.07) is 7.34. The number of anilines is 1. The van der Waals surface area contributed by atoms with Crippen LogP contribution in [0.1, 0.15) is 38.7 Å². The highest BCUT2D eigenvalue weighted by Gasteiger charge is 2.14. The average molecular weight is 229 g/mol. The number of terminal acetylenes is 1. The number of carbonyl (C=O) groups is 1. The molecule has 0 bridgehead atoms. The summed E-state index contributed by atoms with van der Waals surface area (Å²) in [4.78, 5) is 11.9. The van der Waals surface area contributed by atoms with Crippen molar-refractivity contribution in [3.63, 3.8) is 0 Å². The zero-order valence-electron chi connectivity index (χ0n) is 10.5. The first kappa shape index (κ1) is 13.3. The van der Waals surface area contributed by atoms with Gasteiger partial charge >= 0.3 is 0 Å². The number of hydrogen-bond acceptors (Lipinski definition) is 1. The van der Waals surface area contributed by atoms with Crippen LogP contribution in [0.4, 0.5) is 5.69 Å². The molecule has 0 aliphatic rings. The molecule has 0 spiro atoms. The maximum Gasteiger partial charge on any atom is 0.227 e. The Hall–Kier alpha value is -1.75. The number of carbonyl (C=O) groups excluding carboxylic acids is 1. The molecule has 1 amide bonds. The number of nitrogens with one attached hydrogen (secondary N) is 1. The van der Waals surface area contributed by atoms with Crippen molar-refractivity contribution in [2.24, 2.45) is 5.92 Å². The molecule has 0 heterocycles. The van der Waals surface area contributed by atoms with Crippen LogP contribution in [0.5, 0.6) is 0 Å². The number of benzene rings is 1. The van der Waals surface area contributed by atoms with E-state index >= 15 is 0 Å². The fraction of sp³-hybridized carbons (Fsp3) is 0.400. The molecule has 0 aliphatic heterocycles. The third-order valence-corrected chi connectivity index (χ3v) is 2.82.